The second-order valence-corrected chi connectivity index (χ2v) is 3.96. The van der Waals surface area contributed by atoms with Crippen molar-refractivity contribution in [3.63, 3.8) is 0 Å². The summed E-state index contributed by atoms with van der Waals surface area (Å²) in [6.07, 6.45) is 4.10. The van der Waals surface area contributed by atoms with Crippen molar-refractivity contribution >= 4 is 5.97 Å². The van der Waals surface area contributed by atoms with Crippen LogP contribution in [0, 0.1) is 11.8 Å². The molecule has 1 N–H and O–H groups in total. The van der Waals surface area contributed by atoms with Gasteiger partial charge in [-0.25, -0.2) is 0 Å². The van der Waals surface area contributed by atoms with E-state index >= 15 is 0 Å². The van der Waals surface area contributed by atoms with Gasteiger partial charge in [-0.05, 0) is 32.6 Å². The molecule has 2 atom stereocenters. The highest BCUT2D eigenvalue weighted by molar-refractivity contribution is 5.69. The van der Waals surface area contributed by atoms with Crippen molar-refractivity contribution in [2.45, 2.75) is 40.5 Å². The fourth-order valence-electron chi connectivity index (χ4n) is 1.13. The van der Waals surface area contributed by atoms with Gasteiger partial charge in [-0.1, -0.05) is 25.5 Å². The Morgan fingerprint density at radius 2 is 1.92 bits per heavy atom. The van der Waals surface area contributed by atoms with Crippen molar-refractivity contribution < 1.29 is 9.90 Å². The first kappa shape index (κ1) is 12.2. The highest BCUT2D eigenvalue weighted by Gasteiger charge is 2.17. The molecule has 1 unspecified atom stereocenters. The molecule has 0 aromatic rings. The van der Waals surface area contributed by atoms with Gasteiger partial charge in [-0.2, -0.15) is 0 Å². The summed E-state index contributed by atoms with van der Waals surface area (Å²) < 4.78 is 0. The molecule has 0 bridgehead atoms. The maximum atomic E-state index is 10.6. The molecular weight excluding hydrogens is 164 g/mol. The van der Waals surface area contributed by atoms with Crippen molar-refractivity contribution in [1.82, 2.24) is 0 Å². The first-order chi connectivity index (χ1) is 5.95. The standard InChI is InChI=1S/C11H20O2/c1-8(2)6-5-7-9(3)10(4)11(12)13/h6,9-10H,5,7H2,1-4H3,(H,12,13)/t9?,10-/m1/s1. The van der Waals surface area contributed by atoms with Crippen LogP contribution in [0.4, 0.5) is 0 Å². The van der Waals surface area contributed by atoms with E-state index in [1.54, 1.807) is 6.92 Å². The van der Waals surface area contributed by atoms with Gasteiger partial charge in [0.15, 0.2) is 0 Å². The van der Waals surface area contributed by atoms with E-state index in [4.69, 9.17) is 5.11 Å². The number of hydrogen-bond acceptors (Lipinski definition) is 1. The molecule has 0 aliphatic heterocycles. The van der Waals surface area contributed by atoms with Crippen molar-refractivity contribution in [2.24, 2.45) is 11.8 Å². The van der Waals surface area contributed by atoms with E-state index in [1.807, 2.05) is 6.92 Å². The zero-order valence-electron chi connectivity index (χ0n) is 9.00. The van der Waals surface area contributed by atoms with Gasteiger partial charge in [0.1, 0.15) is 0 Å². The van der Waals surface area contributed by atoms with Gasteiger partial charge in [0.05, 0.1) is 5.92 Å². The summed E-state index contributed by atoms with van der Waals surface area (Å²) in [5.41, 5.74) is 1.30. The number of carboxylic acids is 1. The van der Waals surface area contributed by atoms with Gasteiger partial charge in [0, 0.05) is 0 Å². The Morgan fingerprint density at radius 1 is 1.38 bits per heavy atom. The Hall–Kier alpha value is -0.790. The van der Waals surface area contributed by atoms with Crippen LogP contribution in [0.25, 0.3) is 0 Å². The predicted octanol–water partition coefficient (Wildman–Crippen LogP) is 3.09. The number of allylic oxidation sites excluding steroid dienone is 2. The van der Waals surface area contributed by atoms with E-state index in [-0.39, 0.29) is 11.8 Å². The minimum Gasteiger partial charge on any atom is -0.481 e. The molecule has 0 heterocycles. The van der Waals surface area contributed by atoms with Gasteiger partial charge in [-0.15, -0.1) is 0 Å². The highest BCUT2D eigenvalue weighted by Crippen LogP contribution is 2.17. The predicted molar refractivity (Wildman–Crippen MR) is 54.6 cm³/mol. The van der Waals surface area contributed by atoms with Gasteiger partial charge in [0.2, 0.25) is 0 Å². The highest BCUT2D eigenvalue weighted by atomic mass is 16.4. The number of carboxylic acid groups (broad SMARTS) is 1. The maximum Gasteiger partial charge on any atom is 0.306 e. The molecule has 0 aromatic heterocycles. The van der Waals surface area contributed by atoms with Crippen molar-refractivity contribution in [1.29, 1.82) is 0 Å². The summed E-state index contributed by atoms with van der Waals surface area (Å²) in [5.74, 6) is -0.664. The summed E-state index contributed by atoms with van der Waals surface area (Å²) in [7, 11) is 0. The van der Waals surface area contributed by atoms with Crippen LogP contribution in [-0.4, -0.2) is 11.1 Å². The average molecular weight is 184 g/mol. The Morgan fingerprint density at radius 3 is 2.31 bits per heavy atom. The molecule has 0 fully saturated rings. The van der Waals surface area contributed by atoms with Crippen LogP contribution in [-0.2, 0) is 4.79 Å². The zero-order valence-corrected chi connectivity index (χ0v) is 9.00. The lowest BCUT2D eigenvalue weighted by Gasteiger charge is -2.14. The van der Waals surface area contributed by atoms with E-state index in [9.17, 15) is 4.79 Å². The maximum absolute atomic E-state index is 10.6. The minimum atomic E-state index is -0.690. The van der Waals surface area contributed by atoms with Crippen LogP contribution in [0.1, 0.15) is 40.5 Å². The molecule has 2 nitrogen and oxygen atoms in total. The fraction of sp³-hybridized carbons (Fsp3) is 0.727. The van der Waals surface area contributed by atoms with Gasteiger partial charge >= 0.3 is 5.97 Å². The summed E-state index contributed by atoms with van der Waals surface area (Å²) in [6.45, 7) is 7.89. The first-order valence-electron chi connectivity index (χ1n) is 4.81. The lowest BCUT2D eigenvalue weighted by molar-refractivity contribution is -0.142. The zero-order chi connectivity index (χ0) is 10.4. The molecule has 0 saturated heterocycles. The quantitative estimate of drug-likeness (QED) is 0.667. The van der Waals surface area contributed by atoms with E-state index in [1.165, 1.54) is 5.57 Å². The third-order valence-electron chi connectivity index (χ3n) is 2.42. The van der Waals surface area contributed by atoms with Crippen LogP contribution >= 0.6 is 0 Å². The second kappa shape index (κ2) is 5.79. The molecule has 0 radical (unpaired) electrons. The van der Waals surface area contributed by atoms with Crippen LogP contribution in [0.15, 0.2) is 11.6 Å². The largest absolute Gasteiger partial charge is 0.481 e. The third-order valence-corrected chi connectivity index (χ3v) is 2.42. The van der Waals surface area contributed by atoms with Gasteiger partial charge in [0.25, 0.3) is 0 Å². The monoisotopic (exact) mass is 184 g/mol. The van der Waals surface area contributed by atoms with Crippen molar-refractivity contribution in [3.05, 3.63) is 11.6 Å². The molecule has 0 rings (SSSR count). The van der Waals surface area contributed by atoms with Crippen molar-refractivity contribution in [2.75, 3.05) is 0 Å². The minimum absolute atomic E-state index is 0.231. The number of hydrogen-bond donors (Lipinski definition) is 1. The molecule has 76 valence electrons. The summed E-state index contributed by atoms with van der Waals surface area (Å²) >= 11 is 0. The normalized spacial score (nSPS) is 14.8. The van der Waals surface area contributed by atoms with Crippen molar-refractivity contribution in [3.8, 4) is 0 Å². The topological polar surface area (TPSA) is 37.3 Å². The molecule has 13 heavy (non-hydrogen) atoms. The average Bonchev–Trinajstić information content (AvgIpc) is 2.02. The number of carbonyl (C=O) groups is 1. The fourth-order valence-corrected chi connectivity index (χ4v) is 1.13. The Balaban J connectivity index is 3.81. The Labute approximate surface area is 80.7 Å². The number of aliphatic carboxylic acids is 1. The smallest absolute Gasteiger partial charge is 0.306 e. The van der Waals surface area contributed by atoms with Crippen LogP contribution < -0.4 is 0 Å². The Bertz CT molecular complexity index is 190. The molecule has 0 saturated carbocycles. The summed E-state index contributed by atoms with van der Waals surface area (Å²) in [4.78, 5) is 10.6. The Kier molecular flexibility index (Phi) is 5.44. The first-order valence-corrected chi connectivity index (χ1v) is 4.81. The van der Waals surface area contributed by atoms with E-state index < -0.39 is 5.97 Å². The number of rotatable bonds is 5. The summed E-state index contributed by atoms with van der Waals surface area (Å²) in [6, 6.07) is 0. The lowest BCUT2D eigenvalue weighted by Crippen LogP contribution is -2.17. The van der Waals surface area contributed by atoms with Crippen LogP contribution in [0.3, 0.4) is 0 Å². The molecule has 0 aromatic carbocycles. The molecule has 0 amide bonds. The molecule has 0 spiro atoms. The molecule has 0 aliphatic rings. The van der Waals surface area contributed by atoms with Crippen LogP contribution in [0.2, 0.25) is 0 Å². The van der Waals surface area contributed by atoms with E-state index in [2.05, 4.69) is 19.9 Å². The van der Waals surface area contributed by atoms with Gasteiger partial charge in [-0.3, -0.25) is 4.79 Å². The summed E-state index contributed by atoms with van der Waals surface area (Å²) in [5, 5.41) is 8.75. The SMILES string of the molecule is CC(C)=CCCC(C)[C@@H](C)C(=O)O. The molecular formula is C11H20O2. The van der Waals surface area contributed by atoms with E-state index in [0.717, 1.165) is 12.8 Å². The lowest BCUT2D eigenvalue weighted by atomic mass is 9.91. The third kappa shape index (κ3) is 5.45. The van der Waals surface area contributed by atoms with Crippen LogP contribution in [0.5, 0.6) is 0 Å². The molecule has 0 aliphatic carbocycles. The van der Waals surface area contributed by atoms with Gasteiger partial charge < -0.3 is 5.11 Å². The molecule has 2 heteroatoms. The van der Waals surface area contributed by atoms with E-state index in [0.29, 0.717) is 0 Å². The second-order valence-electron chi connectivity index (χ2n) is 3.96.